The predicted octanol–water partition coefficient (Wildman–Crippen LogP) is 4.66. The van der Waals surface area contributed by atoms with E-state index in [2.05, 4.69) is 5.32 Å². The number of sulfonamides is 1. The molecule has 0 aliphatic heterocycles. The number of rotatable bonds is 11. The summed E-state index contributed by atoms with van der Waals surface area (Å²) in [5, 5.41) is 2.85. The van der Waals surface area contributed by atoms with Gasteiger partial charge in [-0.1, -0.05) is 55.0 Å². The van der Waals surface area contributed by atoms with Gasteiger partial charge in [0.2, 0.25) is 11.8 Å². The van der Waals surface area contributed by atoms with Crippen molar-refractivity contribution in [3.63, 3.8) is 0 Å². The van der Waals surface area contributed by atoms with Crippen LogP contribution in [0.1, 0.15) is 38.3 Å². The van der Waals surface area contributed by atoms with Crippen molar-refractivity contribution in [1.29, 1.82) is 0 Å². The second-order valence-electron chi connectivity index (χ2n) is 9.40. The van der Waals surface area contributed by atoms with Crippen LogP contribution >= 0.6 is 0 Å². The van der Waals surface area contributed by atoms with E-state index in [1.54, 1.807) is 61.5 Å². The molecule has 3 aromatic rings. The highest BCUT2D eigenvalue weighted by molar-refractivity contribution is 7.92. The monoisotopic (exact) mass is 539 g/mol. The molecule has 2 amide bonds. The summed E-state index contributed by atoms with van der Waals surface area (Å²) < 4.78 is 42.1. The Hall–Kier alpha value is -3.72. The van der Waals surface area contributed by atoms with Crippen molar-refractivity contribution in [2.24, 2.45) is 0 Å². The van der Waals surface area contributed by atoms with Crippen LogP contribution in [0.2, 0.25) is 0 Å². The lowest BCUT2D eigenvalue weighted by atomic mass is 10.1. The average molecular weight is 540 g/mol. The summed E-state index contributed by atoms with van der Waals surface area (Å²) in [6.07, 6.45) is 0.307. The number of nitrogens with one attached hydrogen (secondary N) is 1. The largest absolute Gasteiger partial charge is 0.352 e. The highest BCUT2D eigenvalue weighted by atomic mass is 32.2. The van der Waals surface area contributed by atoms with Crippen LogP contribution < -0.4 is 9.62 Å². The van der Waals surface area contributed by atoms with E-state index in [9.17, 15) is 22.4 Å². The first-order valence-electron chi connectivity index (χ1n) is 12.5. The molecule has 38 heavy (non-hydrogen) atoms. The Morgan fingerprint density at radius 1 is 0.921 bits per heavy atom. The first-order valence-corrected chi connectivity index (χ1v) is 14.0. The van der Waals surface area contributed by atoms with Crippen molar-refractivity contribution in [1.82, 2.24) is 10.2 Å². The summed E-state index contributed by atoms with van der Waals surface area (Å²) in [4.78, 5) is 28.4. The van der Waals surface area contributed by atoms with E-state index in [-0.39, 0.29) is 23.4 Å². The molecule has 0 radical (unpaired) electrons. The molecular formula is C29H34FN3O4S. The van der Waals surface area contributed by atoms with E-state index in [1.807, 2.05) is 20.8 Å². The van der Waals surface area contributed by atoms with E-state index in [1.165, 1.54) is 29.2 Å². The topological polar surface area (TPSA) is 86.8 Å². The fourth-order valence-electron chi connectivity index (χ4n) is 4.05. The summed E-state index contributed by atoms with van der Waals surface area (Å²) in [6, 6.07) is 19.4. The maximum absolute atomic E-state index is 13.9. The number of nitrogens with zero attached hydrogens (tertiary/aromatic N) is 2. The molecular weight excluding hydrogens is 505 g/mol. The number of hydrogen-bond donors (Lipinski definition) is 1. The summed E-state index contributed by atoms with van der Waals surface area (Å²) in [7, 11) is -4.11. The molecule has 0 aromatic heterocycles. The lowest BCUT2D eigenvalue weighted by molar-refractivity contribution is -0.140. The van der Waals surface area contributed by atoms with E-state index >= 15 is 0 Å². The molecule has 7 nitrogen and oxygen atoms in total. The SMILES string of the molecule is CC[C@@H](C(=O)NC(C)C)N(Cc1ccc(F)cc1)C(=O)CN(c1ccc(C)cc1)S(=O)(=O)c1ccccc1. The van der Waals surface area contributed by atoms with Crippen molar-refractivity contribution in [3.05, 3.63) is 95.8 Å². The van der Waals surface area contributed by atoms with Gasteiger partial charge in [0.1, 0.15) is 18.4 Å². The lowest BCUT2D eigenvalue weighted by Crippen LogP contribution is -2.53. The smallest absolute Gasteiger partial charge is 0.264 e. The van der Waals surface area contributed by atoms with E-state index in [0.717, 1.165) is 9.87 Å². The van der Waals surface area contributed by atoms with Gasteiger partial charge in [-0.15, -0.1) is 0 Å². The van der Waals surface area contributed by atoms with Crippen LogP contribution in [0.5, 0.6) is 0 Å². The number of hydrogen-bond acceptors (Lipinski definition) is 4. The third-order valence-electron chi connectivity index (χ3n) is 6.02. The fourth-order valence-corrected chi connectivity index (χ4v) is 5.48. The van der Waals surface area contributed by atoms with Gasteiger partial charge >= 0.3 is 0 Å². The average Bonchev–Trinajstić information content (AvgIpc) is 2.89. The first kappa shape index (κ1) is 28.8. The summed E-state index contributed by atoms with van der Waals surface area (Å²) >= 11 is 0. The molecule has 202 valence electrons. The number of anilines is 1. The molecule has 0 aliphatic carbocycles. The molecule has 0 bridgehead atoms. The Bertz CT molecular complexity index is 1330. The molecule has 0 heterocycles. The van der Waals surface area contributed by atoms with Gasteiger partial charge in [0.25, 0.3) is 10.0 Å². The molecule has 1 N–H and O–H groups in total. The van der Waals surface area contributed by atoms with Gasteiger partial charge in [0, 0.05) is 12.6 Å². The number of halogens is 1. The van der Waals surface area contributed by atoms with Gasteiger partial charge in [-0.2, -0.15) is 0 Å². The third kappa shape index (κ3) is 7.19. The molecule has 3 rings (SSSR count). The molecule has 0 spiro atoms. The Morgan fingerprint density at radius 3 is 2.08 bits per heavy atom. The van der Waals surface area contributed by atoms with Crippen LogP contribution in [0, 0.1) is 12.7 Å². The predicted molar refractivity (Wildman–Crippen MR) is 146 cm³/mol. The minimum Gasteiger partial charge on any atom is -0.352 e. The Morgan fingerprint density at radius 2 is 1.53 bits per heavy atom. The number of aryl methyl sites for hydroxylation is 1. The molecule has 0 unspecified atom stereocenters. The standard InChI is InChI=1S/C29H34FN3O4S/c1-5-27(29(35)31-21(2)3)32(19-23-13-15-24(30)16-14-23)28(34)20-33(25-17-11-22(4)12-18-25)38(36,37)26-9-7-6-8-10-26/h6-18,21,27H,5,19-20H2,1-4H3,(H,31,35)/t27-/m0/s1. The fraction of sp³-hybridized carbons (Fsp3) is 0.310. The molecule has 9 heteroatoms. The number of carbonyl (C=O) groups excluding carboxylic acids is 2. The van der Waals surface area contributed by atoms with E-state index < -0.39 is 34.3 Å². The highest BCUT2D eigenvalue weighted by Gasteiger charge is 2.33. The molecule has 3 aromatic carbocycles. The van der Waals surface area contributed by atoms with Crippen LogP contribution in [-0.2, 0) is 26.2 Å². The van der Waals surface area contributed by atoms with Gasteiger partial charge in [-0.25, -0.2) is 12.8 Å². The van der Waals surface area contributed by atoms with Crippen molar-refractivity contribution < 1.29 is 22.4 Å². The summed E-state index contributed by atoms with van der Waals surface area (Å²) in [6.45, 7) is 6.80. The quantitative estimate of drug-likeness (QED) is 0.384. The van der Waals surface area contributed by atoms with Crippen LogP contribution in [-0.4, -0.2) is 43.8 Å². The van der Waals surface area contributed by atoms with Gasteiger partial charge < -0.3 is 10.2 Å². The normalized spacial score (nSPS) is 12.2. The molecule has 0 aliphatic rings. The van der Waals surface area contributed by atoms with E-state index in [4.69, 9.17) is 0 Å². The Labute approximate surface area is 224 Å². The van der Waals surface area contributed by atoms with Gasteiger partial charge in [0.15, 0.2) is 0 Å². The molecule has 1 atom stereocenters. The Kier molecular flexibility index (Phi) is 9.63. The minimum absolute atomic E-state index is 0.0102. The van der Waals surface area contributed by atoms with Gasteiger partial charge in [0.05, 0.1) is 10.6 Å². The lowest BCUT2D eigenvalue weighted by Gasteiger charge is -2.33. The van der Waals surface area contributed by atoms with Gasteiger partial charge in [-0.3, -0.25) is 13.9 Å². The van der Waals surface area contributed by atoms with Crippen LogP contribution in [0.4, 0.5) is 10.1 Å². The van der Waals surface area contributed by atoms with Crippen molar-refractivity contribution in [2.75, 3.05) is 10.8 Å². The van der Waals surface area contributed by atoms with Crippen molar-refractivity contribution >= 4 is 27.5 Å². The second-order valence-corrected chi connectivity index (χ2v) is 11.3. The van der Waals surface area contributed by atoms with Crippen LogP contribution in [0.3, 0.4) is 0 Å². The minimum atomic E-state index is -4.11. The van der Waals surface area contributed by atoms with Gasteiger partial charge in [-0.05, 0) is 69.2 Å². The Balaban J connectivity index is 2.04. The first-order chi connectivity index (χ1) is 18.0. The molecule has 0 saturated carbocycles. The van der Waals surface area contributed by atoms with Crippen LogP contribution in [0.25, 0.3) is 0 Å². The van der Waals surface area contributed by atoms with Crippen molar-refractivity contribution in [3.8, 4) is 0 Å². The summed E-state index contributed by atoms with van der Waals surface area (Å²) in [5.74, 6) is -1.32. The van der Waals surface area contributed by atoms with Crippen molar-refractivity contribution in [2.45, 2.75) is 57.6 Å². The molecule has 0 saturated heterocycles. The van der Waals surface area contributed by atoms with Crippen LogP contribution in [0.15, 0.2) is 83.8 Å². The zero-order valence-electron chi connectivity index (χ0n) is 22.1. The number of carbonyl (C=O) groups is 2. The number of benzene rings is 3. The highest BCUT2D eigenvalue weighted by Crippen LogP contribution is 2.25. The maximum Gasteiger partial charge on any atom is 0.264 e. The third-order valence-corrected chi connectivity index (χ3v) is 7.80. The maximum atomic E-state index is 13.9. The zero-order valence-corrected chi connectivity index (χ0v) is 22.9. The summed E-state index contributed by atoms with van der Waals surface area (Å²) in [5.41, 5.74) is 1.88. The molecule has 0 fully saturated rings. The second kappa shape index (κ2) is 12.7. The van der Waals surface area contributed by atoms with E-state index in [0.29, 0.717) is 17.7 Å². The number of amides is 2. The zero-order chi connectivity index (χ0) is 27.9.